The Labute approximate surface area is 96.6 Å². The van der Waals surface area contributed by atoms with E-state index in [0.717, 1.165) is 10.9 Å². The highest BCUT2D eigenvalue weighted by molar-refractivity contribution is 5.10. The molecule has 4 atom stereocenters. The van der Waals surface area contributed by atoms with Crippen LogP contribution in [-0.4, -0.2) is 54.8 Å². The Morgan fingerprint density at radius 1 is 1.53 bits per heavy atom. The number of nitrogens with zero attached hydrogens (tertiary/aromatic N) is 3. The maximum Gasteiger partial charge on any atom is 1.00 e. The van der Waals surface area contributed by atoms with Crippen molar-refractivity contribution >= 4 is 5.95 Å². The summed E-state index contributed by atoms with van der Waals surface area (Å²) in [6, 6.07) is 0. The summed E-state index contributed by atoms with van der Waals surface area (Å²) in [5.74, 6) is -0.196. The number of aromatic nitrogens is 3. The average Bonchev–Trinajstić information content (AvgIpc) is 2.57. The van der Waals surface area contributed by atoms with Gasteiger partial charge in [-0.05, 0) is 0 Å². The normalized spacial score (nSPS) is 32.9. The molecule has 2 heterocycles. The molecule has 1 aromatic heterocycles. The fourth-order valence-corrected chi connectivity index (χ4v) is 1.64. The van der Waals surface area contributed by atoms with Gasteiger partial charge in [-0.25, -0.2) is 9.78 Å². The molecule has 1 aliphatic rings. The number of aliphatic hydroxyl groups excluding tert-OH is 3. The molecule has 0 aromatic carbocycles. The minimum absolute atomic E-state index is 0. The molecule has 94 valence electrons. The molecule has 0 radical (unpaired) electrons. The molecule has 0 spiro atoms. The van der Waals surface area contributed by atoms with Gasteiger partial charge in [-0.2, -0.15) is 4.98 Å². The van der Waals surface area contributed by atoms with Gasteiger partial charge < -0.3 is 25.8 Å². The number of ether oxygens (including phenoxy) is 1. The molecule has 1 saturated heterocycles. The maximum absolute atomic E-state index is 11.5. The van der Waals surface area contributed by atoms with Crippen molar-refractivity contribution in [1.29, 1.82) is 0 Å². The van der Waals surface area contributed by atoms with Crippen LogP contribution in [0, 0.1) is 0 Å². The third kappa shape index (κ3) is 2.00. The second kappa shape index (κ2) is 4.37. The number of anilines is 1. The molecule has 0 saturated carbocycles. The summed E-state index contributed by atoms with van der Waals surface area (Å²) in [7, 11) is 0. The first-order valence-corrected chi connectivity index (χ1v) is 4.87. The lowest BCUT2D eigenvalue weighted by Crippen LogP contribution is -2.36. The fraction of sp³-hybridized carbons (Fsp3) is 0.625. The van der Waals surface area contributed by atoms with E-state index in [1.807, 2.05) is 0 Å². The van der Waals surface area contributed by atoms with Crippen LogP contribution in [0.1, 0.15) is 7.65 Å². The van der Waals surface area contributed by atoms with E-state index < -0.39 is 36.8 Å². The SMILES string of the molecule is Nc1ncn([C@@H]2O[C@H](CO)[C@@H](O)[C@H]2O)c(=O)n1.[H+]. The number of hydrogen-bond donors (Lipinski definition) is 4. The minimum Gasteiger partial charge on any atom is -0.394 e. The zero-order chi connectivity index (χ0) is 12.6. The van der Waals surface area contributed by atoms with E-state index in [9.17, 15) is 15.0 Å². The highest BCUT2D eigenvalue weighted by Gasteiger charge is 2.43. The number of hydrogen-bond acceptors (Lipinski definition) is 8. The van der Waals surface area contributed by atoms with Gasteiger partial charge in [0.1, 0.15) is 24.6 Å². The molecule has 1 fully saturated rings. The Balaban J connectivity index is 0.00000162. The van der Waals surface area contributed by atoms with Crippen molar-refractivity contribution in [2.45, 2.75) is 24.5 Å². The second-order valence-electron chi connectivity index (χ2n) is 3.63. The van der Waals surface area contributed by atoms with Crippen LogP contribution in [0.15, 0.2) is 11.1 Å². The molecule has 9 heteroatoms. The average molecular weight is 245 g/mol. The Bertz CT molecular complexity index is 469. The molecular weight excluding hydrogens is 232 g/mol. The lowest BCUT2D eigenvalue weighted by Gasteiger charge is -2.16. The summed E-state index contributed by atoms with van der Waals surface area (Å²) in [5.41, 5.74) is 4.46. The van der Waals surface area contributed by atoms with Gasteiger partial charge in [-0.3, -0.25) is 4.57 Å². The van der Waals surface area contributed by atoms with Crippen molar-refractivity contribution in [1.82, 2.24) is 14.5 Å². The van der Waals surface area contributed by atoms with Gasteiger partial charge in [0, 0.05) is 0 Å². The van der Waals surface area contributed by atoms with Gasteiger partial charge in [0.05, 0.1) is 6.61 Å². The predicted molar refractivity (Wildman–Crippen MR) is 54.8 cm³/mol. The molecule has 0 unspecified atom stereocenters. The molecule has 0 bridgehead atoms. The molecule has 17 heavy (non-hydrogen) atoms. The first kappa shape index (κ1) is 11.9. The van der Waals surface area contributed by atoms with Crippen LogP contribution < -0.4 is 11.4 Å². The molecule has 1 aromatic rings. The van der Waals surface area contributed by atoms with Crippen LogP contribution in [-0.2, 0) is 4.74 Å². The van der Waals surface area contributed by atoms with Gasteiger partial charge in [0.15, 0.2) is 6.23 Å². The lowest BCUT2D eigenvalue weighted by molar-refractivity contribution is -0.0554. The van der Waals surface area contributed by atoms with Crippen molar-refractivity contribution in [3.8, 4) is 0 Å². The molecule has 0 aliphatic carbocycles. The van der Waals surface area contributed by atoms with Crippen LogP contribution >= 0.6 is 0 Å². The summed E-state index contributed by atoms with van der Waals surface area (Å²) in [4.78, 5) is 18.4. The molecule has 5 N–H and O–H groups in total. The predicted octanol–water partition coefficient (Wildman–Crippen LogP) is -3.06. The highest BCUT2D eigenvalue weighted by atomic mass is 16.6. The van der Waals surface area contributed by atoms with Crippen LogP contribution in [0.3, 0.4) is 0 Å². The monoisotopic (exact) mass is 245 g/mol. The summed E-state index contributed by atoms with van der Waals surface area (Å²) in [6.07, 6.45) is -3.67. The second-order valence-corrected chi connectivity index (χ2v) is 3.63. The van der Waals surface area contributed by atoms with E-state index in [2.05, 4.69) is 9.97 Å². The molecule has 9 nitrogen and oxygen atoms in total. The van der Waals surface area contributed by atoms with Crippen molar-refractivity contribution in [2.24, 2.45) is 0 Å². The number of aliphatic hydroxyl groups is 3. The van der Waals surface area contributed by atoms with Gasteiger partial charge in [-0.15, -0.1) is 0 Å². The fourth-order valence-electron chi connectivity index (χ4n) is 1.64. The number of nitrogens with two attached hydrogens (primary N) is 1. The quantitative estimate of drug-likeness (QED) is 0.430. The summed E-state index contributed by atoms with van der Waals surface area (Å²) in [6.45, 7) is -0.473. The van der Waals surface area contributed by atoms with E-state index in [1.165, 1.54) is 0 Å². The van der Waals surface area contributed by atoms with Crippen molar-refractivity contribution in [3.63, 3.8) is 0 Å². The number of rotatable bonds is 2. The first-order chi connectivity index (χ1) is 8.04. The topological polar surface area (TPSA) is 144 Å². The van der Waals surface area contributed by atoms with Crippen molar-refractivity contribution < 1.29 is 21.5 Å². The van der Waals surface area contributed by atoms with Crippen LogP contribution in [0.5, 0.6) is 0 Å². The van der Waals surface area contributed by atoms with E-state index >= 15 is 0 Å². The van der Waals surface area contributed by atoms with E-state index in [4.69, 9.17) is 15.6 Å². The zero-order valence-corrected chi connectivity index (χ0v) is 8.67. The molecule has 0 amide bonds. The molecule has 1 aliphatic heterocycles. The molecule has 2 rings (SSSR count). The Hall–Kier alpha value is -1.55. The minimum atomic E-state index is -1.35. The number of nitrogen functional groups attached to an aromatic ring is 1. The van der Waals surface area contributed by atoms with Crippen LogP contribution in [0.4, 0.5) is 5.95 Å². The van der Waals surface area contributed by atoms with Gasteiger partial charge in [0.25, 0.3) is 0 Å². The van der Waals surface area contributed by atoms with Gasteiger partial charge >= 0.3 is 7.12 Å². The Kier molecular flexibility index (Phi) is 3.07. The largest absolute Gasteiger partial charge is 1.00 e. The van der Waals surface area contributed by atoms with Gasteiger partial charge in [0.2, 0.25) is 5.95 Å². The van der Waals surface area contributed by atoms with Crippen molar-refractivity contribution in [2.75, 3.05) is 12.3 Å². The van der Waals surface area contributed by atoms with Crippen LogP contribution in [0.25, 0.3) is 0 Å². The lowest BCUT2D eigenvalue weighted by atomic mass is 10.1. The third-order valence-electron chi connectivity index (χ3n) is 2.54. The maximum atomic E-state index is 11.5. The standard InChI is InChI=1S/C8H12N4O5/c9-7-10-2-12(8(16)11-7)6-5(15)4(14)3(1-13)17-6/h2-6,13-15H,1H2,(H2,9,11,16)/p+1/t3-,4-,5-,6-/m1/s1. The van der Waals surface area contributed by atoms with E-state index in [-0.39, 0.29) is 7.37 Å². The van der Waals surface area contributed by atoms with E-state index in [0.29, 0.717) is 0 Å². The third-order valence-corrected chi connectivity index (χ3v) is 2.54. The molecular formula is C8H13N4O5+. The van der Waals surface area contributed by atoms with Gasteiger partial charge in [-0.1, -0.05) is 0 Å². The summed E-state index contributed by atoms with van der Waals surface area (Å²) in [5, 5.41) is 28.1. The highest BCUT2D eigenvalue weighted by Crippen LogP contribution is 2.27. The Morgan fingerprint density at radius 2 is 2.24 bits per heavy atom. The van der Waals surface area contributed by atoms with Crippen molar-refractivity contribution in [3.05, 3.63) is 16.8 Å². The summed E-state index contributed by atoms with van der Waals surface area (Å²) < 4.78 is 6.04. The smallest absolute Gasteiger partial charge is 0.394 e. The zero-order valence-electron chi connectivity index (χ0n) is 9.67. The summed E-state index contributed by atoms with van der Waals surface area (Å²) >= 11 is 0. The Morgan fingerprint density at radius 3 is 2.76 bits per heavy atom. The van der Waals surface area contributed by atoms with E-state index in [1.54, 1.807) is 0 Å². The van der Waals surface area contributed by atoms with Crippen LogP contribution in [0.2, 0.25) is 0 Å². The first-order valence-electron chi connectivity index (χ1n) is 4.87.